The van der Waals surface area contributed by atoms with Crippen LogP contribution in [0.5, 0.6) is 0 Å². The fourth-order valence-corrected chi connectivity index (χ4v) is 5.57. The fourth-order valence-electron chi connectivity index (χ4n) is 2.77. The van der Waals surface area contributed by atoms with E-state index >= 15 is 0 Å². The summed E-state index contributed by atoms with van der Waals surface area (Å²) in [5.74, 6) is 1.20. The SMILES string of the molecule is CCCC[Si](CCCN1CCOCC1)Cc1ccco1. The lowest BCUT2D eigenvalue weighted by atomic mass is 10.3. The summed E-state index contributed by atoms with van der Waals surface area (Å²) in [6, 6.07) is 8.22. The van der Waals surface area contributed by atoms with E-state index in [-0.39, 0.29) is 8.80 Å². The summed E-state index contributed by atoms with van der Waals surface area (Å²) in [5.41, 5.74) is 0. The average molecular weight is 294 g/mol. The molecule has 1 fully saturated rings. The molecule has 0 spiro atoms. The van der Waals surface area contributed by atoms with Crippen molar-refractivity contribution in [2.45, 2.75) is 44.3 Å². The Kier molecular flexibility index (Phi) is 7.40. The zero-order chi connectivity index (χ0) is 14.0. The third-order valence-corrected chi connectivity index (χ3v) is 6.97. The zero-order valence-electron chi connectivity index (χ0n) is 12.8. The summed E-state index contributed by atoms with van der Waals surface area (Å²) < 4.78 is 10.9. The summed E-state index contributed by atoms with van der Waals surface area (Å²) in [7, 11) is -0.282. The maximum atomic E-state index is 5.54. The van der Waals surface area contributed by atoms with Crippen LogP contribution >= 0.6 is 0 Å². The molecule has 1 aliphatic rings. The second-order valence-electron chi connectivity index (χ2n) is 5.67. The molecule has 0 saturated carbocycles. The maximum absolute atomic E-state index is 5.54. The lowest BCUT2D eigenvalue weighted by Gasteiger charge is -2.27. The molecule has 0 N–H and O–H groups in total. The Hall–Kier alpha value is -0.583. The standard InChI is InChI=1S/C16H28NO2Si/c1-2-3-13-20(15-16-6-4-10-19-16)14-5-7-17-8-11-18-12-9-17/h4,6,10H,2-3,5,7-9,11-15H2,1H3. The number of hydrogen-bond donors (Lipinski definition) is 0. The minimum atomic E-state index is -0.282. The quantitative estimate of drug-likeness (QED) is 0.653. The molecule has 1 aliphatic heterocycles. The van der Waals surface area contributed by atoms with Crippen molar-refractivity contribution < 1.29 is 9.15 Å². The Morgan fingerprint density at radius 1 is 1.20 bits per heavy atom. The molecular formula is C16H28NO2Si. The highest BCUT2D eigenvalue weighted by molar-refractivity contribution is 6.58. The highest BCUT2D eigenvalue weighted by atomic mass is 28.3. The van der Waals surface area contributed by atoms with Gasteiger partial charge in [0.25, 0.3) is 0 Å². The Bertz CT molecular complexity index is 336. The predicted molar refractivity (Wildman–Crippen MR) is 84.6 cm³/mol. The van der Waals surface area contributed by atoms with Crippen LogP contribution in [0.4, 0.5) is 0 Å². The van der Waals surface area contributed by atoms with E-state index in [1.165, 1.54) is 49.7 Å². The Balaban J connectivity index is 1.69. The van der Waals surface area contributed by atoms with Crippen molar-refractivity contribution in [2.24, 2.45) is 0 Å². The number of hydrogen-bond acceptors (Lipinski definition) is 3. The Morgan fingerprint density at radius 3 is 2.70 bits per heavy atom. The van der Waals surface area contributed by atoms with Gasteiger partial charge in [0.1, 0.15) is 5.76 Å². The second kappa shape index (κ2) is 9.37. The van der Waals surface area contributed by atoms with E-state index in [1.54, 1.807) is 0 Å². The summed E-state index contributed by atoms with van der Waals surface area (Å²) in [6.07, 6.45) is 5.85. The van der Waals surface area contributed by atoms with E-state index in [9.17, 15) is 0 Å². The van der Waals surface area contributed by atoms with Crippen LogP contribution in [0.15, 0.2) is 22.8 Å². The van der Waals surface area contributed by atoms with E-state index in [4.69, 9.17) is 9.15 Å². The molecular weight excluding hydrogens is 266 g/mol. The van der Waals surface area contributed by atoms with E-state index in [2.05, 4.69) is 17.9 Å². The monoisotopic (exact) mass is 294 g/mol. The van der Waals surface area contributed by atoms with Crippen molar-refractivity contribution in [3.05, 3.63) is 24.2 Å². The molecule has 2 heterocycles. The molecule has 0 bridgehead atoms. The molecule has 3 nitrogen and oxygen atoms in total. The first-order valence-electron chi connectivity index (χ1n) is 8.04. The summed E-state index contributed by atoms with van der Waals surface area (Å²) in [4.78, 5) is 2.55. The van der Waals surface area contributed by atoms with Crippen molar-refractivity contribution in [3.8, 4) is 0 Å². The van der Waals surface area contributed by atoms with Gasteiger partial charge in [-0.1, -0.05) is 31.9 Å². The van der Waals surface area contributed by atoms with Crippen LogP contribution in [0.25, 0.3) is 0 Å². The van der Waals surface area contributed by atoms with Gasteiger partial charge in [-0.25, -0.2) is 0 Å². The second-order valence-corrected chi connectivity index (χ2v) is 8.52. The first-order valence-corrected chi connectivity index (χ1v) is 10.2. The minimum absolute atomic E-state index is 0.282. The average Bonchev–Trinajstić information content (AvgIpc) is 2.98. The topological polar surface area (TPSA) is 25.6 Å². The molecule has 113 valence electrons. The number of furan rings is 1. The van der Waals surface area contributed by atoms with Gasteiger partial charge in [0.2, 0.25) is 0 Å². The molecule has 1 saturated heterocycles. The van der Waals surface area contributed by atoms with Crippen LogP contribution in [0, 0.1) is 0 Å². The largest absolute Gasteiger partial charge is 0.470 e. The maximum Gasteiger partial charge on any atom is 0.100 e. The molecule has 1 radical (unpaired) electrons. The van der Waals surface area contributed by atoms with Gasteiger partial charge in [0.05, 0.1) is 28.3 Å². The van der Waals surface area contributed by atoms with Gasteiger partial charge < -0.3 is 9.15 Å². The first-order chi connectivity index (χ1) is 9.88. The van der Waals surface area contributed by atoms with Crippen LogP contribution < -0.4 is 0 Å². The van der Waals surface area contributed by atoms with Crippen molar-refractivity contribution in [1.82, 2.24) is 4.90 Å². The number of morpholine rings is 1. The van der Waals surface area contributed by atoms with E-state index < -0.39 is 0 Å². The van der Waals surface area contributed by atoms with Crippen LogP contribution in [-0.2, 0) is 10.8 Å². The number of nitrogens with zero attached hydrogens (tertiary/aromatic N) is 1. The summed E-state index contributed by atoms with van der Waals surface area (Å²) in [5, 5.41) is 0. The molecule has 0 aliphatic carbocycles. The lowest BCUT2D eigenvalue weighted by molar-refractivity contribution is 0.0380. The van der Waals surface area contributed by atoms with Crippen molar-refractivity contribution >= 4 is 8.80 Å². The number of rotatable bonds is 9. The van der Waals surface area contributed by atoms with Gasteiger partial charge in [-0.05, 0) is 31.1 Å². The third-order valence-electron chi connectivity index (χ3n) is 4.00. The fraction of sp³-hybridized carbons (Fsp3) is 0.750. The van der Waals surface area contributed by atoms with Gasteiger partial charge in [-0.3, -0.25) is 4.90 Å². The van der Waals surface area contributed by atoms with Gasteiger partial charge in [0, 0.05) is 13.1 Å². The molecule has 0 unspecified atom stereocenters. The molecule has 1 aromatic rings. The molecule has 20 heavy (non-hydrogen) atoms. The van der Waals surface area contributed by atoms with E-state index in [0.717, 1.165) is 26.3 Å². The van der Waals surface area contributed by atoms with Gasteiger partial charge >= 0.3 is 0 Å². The van der Waals surface area contributed by atoms with Gasteiger partial charge in [0.15, 0.2) is 0 Å². The first kappa shape index (κ1) is 15.8. The molecule has 1 aromatic heterocycles. The Labute approximate surface area is 124 Å². The molecule has 0 atom stereocenters. The molecule has 0 aromatic carbocycles. The molecule has 4 heteroatoms. The highest BCUT2D eigenvalue weighted by Crippen LogP contribution is 2.15. The zero-order valence-corrected chi connectivity index (χ0v) is 13.8. The Morgan fingerprint density at radius 2 is 2.00 bits per heavy atom. The molecule has 2 rings (SSSR count). The predicted octanol–water partition coefficient (Wildman–Crippen LogP) is 3.38. The van der Waals surface area contributed by atoms with Crippen LogP contribution in [0.3, 0.4) is 0 Å². The van der Waals surface area contributed by atoms with Crippen molar-refractivity contribution in [2.75, 3.05) is 32.8 Å². The normalized spacial score (nSPS) is 16.9. The molecule has 0 amide bonds. The third kappa shape index (κ3) is 5.81. The highest BCUT2D eigenvalue weighted by Gasteiger charge is 2.15. The van der Waals surface area contributed by atoms with Gasteiger partial charge in [-0.15, -0.1) is 0 Å². The van der Waals surface area contributed by atoms with E-state index in [1.807, 2.05) is 12.3 Å². The lowest BCUT2D eigenvalue weighted by Crippen LogP contribution is -2.37. The van der Waals surface area contributed by atoms with Crippen molar-refractivity contribution in [3.63, 3.8) is 0 Å². The number of ether oxygens (including phenoxy) is 1. The van der Waals surface area contributed by atoms with Crippen LogP contribution in [0.1, 0.15) is 31.9 Å². The van der Waals surface area contributed by atoms with Crippen molar-refractivity contribution in [1.29, 1.82) is 0 Å². The van der Waals surface area contributed by atoms with Crippen LogP contribution in [0.2, 0.25) is 12.1 Å². The minimum Gasteiger partial charge on any atom is -0.470 e. The smallest absolute Gasteiger partial charge is 0.100 e. The number of unbranched alkanes of at least 4 members (excludes halogenated alkanes) is 1. The van der Waals surface area contributed by atoms with Gasteiger partial charge in [-0.2, -0.15) is 0 Å². The summed E-state index contributed by atoms with van der Waals surface area (Å²) in [6.45, 7) is 7.62. The van der Waals surface area contributed by atoms with Crippen LogP contribution in [-0.4, -0.2) is 46.5 Å². The summed E-state index contributed by atoms with van der Waals surface area (Å²) >= 11 is 0. The van der Waals surface area contributed by atoms with E-state index in [0.29, 0.717) is 0 Å².